The number of benzene rings is 2. The molecule has 2 aromatic carbocycles. The van der Waals surface area contributed by atoms with Crippen LogP contribution in [-0.2, 0) is 6.54 Å². The highest BCUT2D eigenvalue weighted by Gasteiger charge is 2.15. The van der Waals surface area contributed by atoms with Crippen LogP contribution in [0.5, 0.6) is 5.75 Å². The average molecular weight is 426 g/mol. The number of para-hydroxylation sites is 1. The maximum absolute atomic E-state index is 12.8. The summed E-state index contributed by atoms with van der Waals surface area (Å²) in [6.45, 7) is 1.80. The van der Waals surface area contributed by atoms with E-state index in [0.717, 1.165) is 16.9 Å². The van der Waals surface area contributed by atoms with E-state index in [2.05, 4.69) is 14.9 Å². The van der Waals surface area contributed by atoms with Gasteiger partial charge in [-0.2, -0.15) is 0 Å². The first kappa shape index (κ1) is 19.6. The van der Waals surface area contributed by atoms with Crippen LogP contribution in [0, 0.1) is 0 Å². The summed E-state index contributed by atoms with van der Waals surface area (Å²) in [6, 6.07) is 17.2. The molecule has 0 radical (unpaired) electrons. The van der Waals surface area contributed by atoms with E-state index in [0.29, 0.717) is 40.8 Å². The zero-order valence-corrected chi connectivity index (χ0v) is 17.5. The fraction of sp³-hybridized carbons (Fsp3) is 0.182. The van der Waals surface area contributed by atoms with Crippen LogP contribution in [0.2, 0.25) is 5.02 Å². The number of hydrogen-bond donors (Lipinski definition) is 1. The summed E-state index contributed by atoms with van der Waals surface area (Å²) < 4.78 is 5.73. The van der Waals surface area contributed by atoms with Crippen LogP contribution in [0.15, 0.2) is 64.8 Å². The number of nitrogens with one attached hydrogen (secondary N) is 1. The van der Waals surface area contributed by atoms with Crippen molar-refractivity contribution in [2.24, 2.45) is 0 Å². The summed E-state index contributed by atoms with van der Waals surface area (Å²) in [5.74, 6) is 1.48. The molecule has 0 fully saturated rings. The number of likely N-dealkylation sites (N-methyl/N-ethyl adjacent to an activating group) is 1. The lowest BCUT2D eigenvalue weighted by atomic mass is 10.1. The number of aromatic amines is 1. The number of rotatable bonds is 7. The van der Waals surface area contributed by atoms with Crippen LogP contribution >= 0.6 is 22.9 Å². The zero-order chi connectivity index (χ0) is 20.2. The SMILES string of the molecule is CN(CCOc1ccccc1)Cc1nc2scc(-c3ccccc3Cl)c2c(=O)[nH]1. The van der Waals surface area contributed by atoms with Gasteiger partial charge in [0.1, 0.15) is 23.0 Å². The van der Waals surface area contributed by atoms with E-state index in [1.165, 1.54) is 11.3 Å². The Morgan fingerprint density at radius 3 is 2.66 bits per heavy atom. The van der Waals surface area contributed by atoms with E-state index in [-0.39, 0.29) is 5.56 Å². The number of nitrogens with zero attached hydrogens (tertiary/aromatic N) is 2. The molecule has 0 amide bonds. The molecule has 0 bridgehead atoms. The van der Waals surface area contributed by atoms with Gasteiger partial charge < -0.3 is 9.72 Å². The maximum Gasteiger partial charge on any atom is 0.260 e. The first-order valence-electron chi connectivity index (χ1n) is 9.23. The molecule has 0 spiro atoms. The molecule has 5 nitrogen and oxygen atoms in total. The summed E-state index contributed by atoms with van der Waals surface area (Å²) in [6.07, 6.45) is 0. The fourth-order valence-electron chi connectivity index (χ4n) is 3.12. The smallest absolute Gasteiger partial charge is 0.260 e. The highest BCUT2D eigenvalue weighted by Crippen LogP contribution is 2.34. The van der Waals surface area contributed by atoms with Gasteiger partial charge in [0, 0.05) is 28.1 Å². The van der Waals surface area contributed by atoms with E-state index in [1.807, 2.05) is 67.0 Å². The Labute approximate surface area is 177 Å². The van der Waals surface area contributed by atoms with Crippen molar-refractivity contribution in [2.45, 2.75) is 6.54 Å². The molecule has 0 saturated heterocycles. The Morgan fingerprint density at radius 1 is 1.10 bits per heavy atom. The third kappa shape index (κ3) is 4.50. The minimum Gasteiger partial charge on any atom is -0.492 e. The maximum atomic E-state index is 12.8. The van der Waals surface area contributed by atoms with Crippen LogP contribution in [0.1, 0.15) is 5.82 Å². The molecule has 0 saturated carbocycles. The highest BCUT2D eigenvalue weighted by atomic mass is 35.5. The predicted octanol–water partition coefficient (Wildman–Crippen LogP) is 4.82. The van der Waals surface area contributed by atoms with E-state index >= 15 is 0 Å². The second-order valence-corrected chi connectivity index (χ2v) is 7.99. The molecule has 2 heterocycles. The largest absolute Gasteiger partial charge is 0.492 e. The monoisotopic (exact) mass is 425 g/mol. The molecule has 29 heavy (non-hydrogen) atoms. The molecule has 4 aromatic rings. The number of aromatic nitrogens is 2. The van der Waals surface area contributed by atoms with Crippen molar-refractivity contribution in [3.8, 4) is 16.9 Å². The molecule has 148 valence electrons. The number of hydrogen-bond acceptors (Lipinski definition) is 5. The summed E-state index contributed by atoms with van der Waals surface area (Å²) in [5, 5.41) is 3.14. The average Bonchev–Trinajstić information content (AvgIpc) is 3.13. The van der Waals surface area contributed by atoms with Crippen LogP contribution in [-0.4, -0.2) is 35.1 Å². The van der Waals surface area contributed by atoms with Gasteiger partial charge >= 0.3 is 0 Å². The second kappa shape index (κ2) is 8.78. The minimum absolute atomic E-state index is 0.143. The third-order valence-electron chi connectivity index (χ3n) is 4.56. The first-order chi connectivity index (χ1) is 14.1. The van der Waals surface area contributed by atoms with Gasteiger partial charge in [-0.1, -0.05) is 48.0 Å². The van der Waals surface area contributed by atoms with Gasteiger partial charge in [0.2, 0.25) is 0 Å². The van der Waals surface area contributed by atoms with Gasteiger partial charge in [-0.3, -0.25) is 9.69 Å². The van der Waals surface area contributed by atoms with Crippen molar-refractivity contribution in [3.63, 3.8) is 0 Å². The summed E-state index contributed by atoms with van der Waals surface area (Å²) in [5.41, 5.74) is 1.52. The van der Waals surface area contributed by atoms with Gasteiger partial charge in [-0.05, 0) is 25.2 Å². The van der Waals surface area contributed by atoms with Crippen molar-refractivity contribution in [3.05, 3.63) is 81.2 Å². The van der Waals surface area contributed by atoms with Crippen molar-refractivity contribution < 1.29 is 4.74 Å². The normalized spacial score (nSPS) is 11.3. The molecule has 1 N–H and O–H groups in total. The summed E-state index contributed by atoms with van der Waals surface area (Å²) in [4.78, 5) is 23.1. The Kier molecular flexibility index (Phi) is 5.94. The van der Waals surface area contributed by atoms with Crippen LogP contribution in [0.3, 0.4) is 0 Å². The van der Waals surface area contributed by atoms with E-state index in [9.17, 15) is 4.79 Å². The molecule has 2 aromatic heterocycles. The summed E-state index contributed by atoms with van der Waals surface area (Å²) >= 11 is 7.77. The van der Waals surface area contributed by atoms with E-state index in [4.69, 9.17) is 16.3 Å². The molecule has 4 rings (SSSR count). The lowest BCUT2D eigenvalue weighted by Gasteiger charge is -2.16. The molecular weight excluding hydrogens is 406 g/mol. The lowest BCUT2D eigenvalue weighted by molar-refractivity contribution is 0.230. The van der Waals surface area contributed by atoms with E-state index in [1.54, 1.807) is 0 Å². The molecule has 7 heteroatoms. The summed E-state index contributed by atoms with van der Waals surface area (Å²) in [7, 11) is 1.97. The van der Waals surface area contributed by atoms with Gasteiger partial charge in [-0.15, -0.1) is 11.3 Å². The molecule has 0 atom stereocenters. The molecule has 0 aliphatic heterocycles. The lowest BCUT2D eigenvalue weighted by Crippen LogP contribution is -2.26. The Morgan fingerprint density at radius 2 is 1.86 bits per heavy atom. The fourth-order valence-corrected chi connectivity index (χ4v) is 4.31. The Bertz CT molecular complexity index is 1170. The van der Waals surface area contributed by atoms with E-state index < -0.39 is 0 Å². The number of ether oxygens (including phenoxy) is 1. The van der Waals surface area contributed by atoms with Crippen molar-refractivity contribution in [2.75, 3.05) is 20.2 Å². The number of H-pyrrole nitrogens is 1. The third-order valence-corrected chi connectivity index (χ3v) is 5.76. The number of halogens is 1. The number of fused-ring (bicyclic) bond motifs is 1. The van der Waals surface area contributed by atoms with Crippen LogP contribution in [0.4, 0.5) is 0 Å². The van der Waals surface area contributed by atoms with Gasteiger partial charge in [0.25, 0.3) is 5.56 Å². The quantitative estimate of drug-likeness (QED) is 0.461. The zero-order valence-electron chi connectivity index (χ0n) is 15.9. The number of thiophene rings is 1. The molecule has 0 aliphatic rings. The molecule has 0 unspecified atom stereocenters. The van der Waals surface area contributed by atoms with Gasteiger partial charge in [0.05, 0.1) is 11.9 Å². The molecular formula is C22H20ClN3O2S. The standard InChI is InChI=1S/C22H20ClN3O2S/c1-26(11-12-28-15-7-3-2-4-8-15)13-19-24-21(27)20-17(14-29-22(20)25-19)16-9-5-6-10-18(16)23/h2-10,14H,11-13H2,1H3,(H,24,25,27). The van der Waals surface area contributed by atoms with Crippen molar-refractivity contribution >= 4 is 33.2 Å². The topological polar surface area (TPSA) is 58.2 Å². The van der Waals surface area contributed by atoms with Crippen LogP contribution in [0.25, 0.3) is 21.3 Å². The van der Waals surface area contributed by atoms with Gasteiger partial charge in [-0.25, -0.2) is 4.98 Å². The highest BCUT2D eigenvalue weighted by molar-refractivity contribution is 7.17. The van der Waals surface area contributed by atoms with Crippen molar-refractivity contribution in [1.29, 1.82) is 0 Å². The van der Waals surface area contributed by atoms with Crippen molar-refractivity contribution in [1.82, 2.24) is 14.9 Å². The first-order valence-corrected chi connectivity index (χ1v) is 10.5. The predicted molar refractivity (Wildman–Crippen MR) is 119 cm³/mol. The van der Waals surface area contributed by atoms with Gasteiger partial charge in [0.15, 0.2) is 0 Å². The second-order valence-electron chi connectivity index (χ2n) is 6.72. The molecule has 0 aliphatic carbocycles. The minimum atomic E-state index is -0.143. The Balaban J connectivity index is 1.48. The Hall–Kier alpha value is -2.67. The van der Waals surface area contributed by atoms with Crippen LogP contribution < -0.4 is 10.3 Å².